The van der Waals surface area contributed by atoms with Crippen LogP contribution < -0.4 is 5.56 Å². The molecule has 0 amide bonds. The van der Waals surface area contributed by atoms with Crippen LogP contribution in [0.5, 0.6) is 0 Å². The third kappa shape index (κ3) is 1.52. The van der Waals surface area contributed by atoms with Gasteiger partial charge < -0.3 is 0 Å². The monoisotopic (exact) mass is 290 g/mol. The minimum absolute atomic E-state index is 0.262. The molecule has 0 unspecified atom stereocenters. The van der Waals surface area contributed by atoms with Crippen LogP contribution in [0.4, 0.5) is 5.69 Å². The fraction of sp³-hybridized carbons (Fsp3) is 0.0667. The standard InChI is InChI=1S/C15H10N6O/c1-9-12-14(20(19-9)10-6-4-3-5-7-10)18-13-11(16-2)8-17-21(13)15(12)22/h3-8,19H,1H3. The molecule has 3 aromatic heterocycles. The number of aromatic nitrogens is 5. The first-order valence-electron chi connectivity index (χ1n) is 6.62. The van der Waals surface area contributed by atoms with Gasteiger partial charge in [0.2, 0.25) is 5.69 Å². The smallest absolute Gasteiger partial charge is 0.284 e. The highest BCUT2D eigenvalue weighted by Gasteiger charge is 2.17. The summed E-state index contributed by atoms with van der Waals surface area (Å²) in [6.07, 6.45) is 1.36. The van der Waals surface area contributed by atoms with Gasteiger partial charge in [-0.2, -0.15) is 9.61 Å². The molecular weight excluding hydrogens is 280 g/mol. The van der Waals surface area contributed by atoms with Gasteiger partial charge >= 0.3 is 0 Å². The van der Waals surface area contributed by atoms with E-state index in [0.717, 1.165) is 5.69 Å². The van der Waals surface area contributed by atoms with Gasteiger partial charge in [0.25, 0.3) is 5.56 Å². The topological polar surface area (TPSA) is 72.3 Å². The number of benzene rings is 1. The van der Waals surface area contributed by atoms with Gasteiger partial charge in [0, 0.05) is 5.69 Å². The van der Waals surface area contributed by atoms with E-state index in [4.69, 9.17) is 6.57 Å². The Labute approximate surface area is 124 Å². The maximum atomic E-state index is 12.6. The molecule has 0 aliphatic carbocycles. The Balaban J connectivity index is 2.20. The lowest BCUT2D eigenvalue weighted by molar-refractivity contribution is 0.874. The first-order valence-corrected chi connectivity index (χ1v) is 6.62. The van der Waals surface area contributed by atoms with Crippen molar-refractivity contribution in [3.05, 3.63) is 64.0 Å². The van der Waals surface area contributed by atoms with Crippen LogP contribution in [0.3, 0.4) is 0 Å². The SMILES string of the molecule is [C-]#[N+]c1cnn2c(=O)c3c(C)[nH]n(-c4ccccc4)c3nc12. The molecule has 22 heavy (non-hydrogen) atoms. The second-order valence-corrected chi connectivity index (χ2v) is 4.90. The van der Waals surface area contributed by atoms with E-state index in [-0.39, 0.29) is 16.9 Å². The number of fused-ring (bicyclic) bond motifs is 2. The predicted octanol–water partition coefficient (Wildman–Crippen LogP) is 2.22. The van der Waals surface area contributed by atoms with Gasteiger partial charge in [0.05, 0.1) is 18.5 Å². The van der Waals surface area contributed by atoms with E-state index in [0.29, 0.717) is 16.7 Å². The maximum Gasteiger partial charge on any atom is 0.284 e. The van der Waals surface area contributed by atoms with Gasteiger partial charge in [0.15, 0.2) is 11.3 Å². The van der Waals surface area contributed by atoms with Crippen molar-refractivity contribution in [1.29, 1.82) is 0 Å². The lowest BCUT2D eigenvalue weighted by Crippen LogP contribution is -2.15. The Morgan fingerprint density at radius 1 is 1.23 bits per heavy atom. The number of hydrogen-bond acceptors (Lipinski definition) is 3. The Kier molecular flexibility index (Phi) is 2.41. The van der Waals surface area contributed by atoms with Crippen molar-refractivity contribution in [3.63, 3.8) is 0 Å². The van der Waals surface area contributed by atoms with Crippen LogP contribution in [0.2, 0.25) is 0 Å². The van der Waals surface area contributed by atoms with E-state index >= 15 is 0 Å². The number of aromatic amines is 1. The molecule has 0 atom stereocenters. The number of nitrogens with zero attached hydrogens (tertiary/aromatic N) is 5. The number of H-pyrrole nitrogens is 1. The minimum Gasteiger partial charge on any atom is -0.296 e. The Morgan fingerprint density at radius 3 is 2.73 bits per heavy atom. The van der Waals surface area contributed by atoms with Crippen LogP contribution in [0, 0.1) is 13.5 Å². The molecule has 1 aromatic carbocycles. The molecule has 0 spiro atoms. The molecule has 0 aliphatic heterocycles. The average molecular weight is 290 g/mol. The molecule has 4 rings (SSSR count). The van der Waals surface area contributed by atoms with Crippen LogP contribution in [0.15, 0.2) is 41.3 Å². The van der Waals surface area contributed by atoms with Crippen molar-refractivity contribution in [2.75, 3.05) is 0 Å². The molecule has 0 aliphatic rings. The molecule has 106 valence electrons. The van der Waals surface area contributed by atoms with Crippen LogP contribution >= 0.6 is 0 Å². The first-order chi connectivity index (χ1) is 10.7. The number of para-hydroxylation sites is 1. The van der Waals surface area contributed by atoms with E-state index in [1.54, 1.807) is 4.68 Å². The lowest BCUT2D eigenvalue weighted by Gasteiger charge is -2.03. The van der Waals surface area contributed by atoms with E-state index in [2.05, 4.69) is 20.0 Å². The molecular formula is C15H10N6O. The number of hydrogen-bond donors (Lipinski definition) is 1. The van der Waals surface area contributed by atoms with E-state index < -0.39 is 0 Å². The molecule has 0 radical (unpaired) electrons. The zero-order valence-corrected chi connectivity index (χ0v) is 11.6. The molecule has 3 heterocycles. The fourth-order valence-electron chi connectivity index (χ4n) is 2.55. The van der Waals surface area contributed by atoms with Crippen molar-refractivity contribution >= 4 is 22.4 Å². The van der Waals surface area contributed by atoms with Crippen molar-refractivity contribution in [2.45, 2.75) is 6.92 Å². The first kappa shape index (κ1) is 12.3. The highest BCUT2D eigenvalue weighted by Crippen LogP contribution is 2.22. The molecule has 1 N–H and O–H groups in total. The summed E-state index contributed by atoms with van der Waals surface area (Å²) < 4.78 is 2.92. The second-order valence-electron chi connectivity index (χ2n) is 4.90. The van der Waals surface area contributed by atoms with E-state index in [9.17, 15) is 4.79 Å². The van der Waals surface area contributed by atoms with Crippen molar-refractivity contribution < 1.29 is 0 Å². The van der Waals surface area contributed by atoms with Crippen molar-refractivity contribution in [2.24, 2.45) is 0 Å². The average Bonchev–Trinajstić information content (AvgIpc) is 3.10. The fourth-order valence-corrected chi connectivity index (χ4v) is 2.55. The zero-order chi connectivity index (χ0) is 15.3. The Hall–Kier alpha value is -3.40. The molecule has 4 aromatic rings. The van der Waals surface area contributed by atoms with Crippen molar-refractivity contribution in [3.8, 4) is 5.69 Å². The summed E-state index contributed by atoms with van der Waals surface area (Å²) in [5, 5.41) is 7.58. The number of aryl methyl sites for hydroxylation is 1. The summed E-state index contributed by atoms with van der Waals surface area (Å²) in [6, 6.07) is 9.56. The quantitative estimate of drug-likeness (QED) is 0.546. The summed E-state index contributed by atoms with van der Waals surface area (Å²) in [4.78, 5) is 20.5. The van der Waals surface area contributed by atoms with Gasteiger partial charge in [-0.3, -0.25) is 9.89 Å². The minimum atomic E-state index is -0.279. The second kappa shape index (κ2) is 4.30. The zero-order valence-electron chi connectivity index (χ0n) is 11.6. The van der Waals surface area contributed by atoms with Gasteiger partial charge in [-0.25, -0.2) is 14.5 Å². The summed E-state index contributed by atoms with van der Waals surface area (Å²) in [7, 11) is 0. The van der Waals surface area contributed by atoms with Gasteiger partial charge in [0.1, 0.15) is 5.39 Å². The van der Waals surface area contributed by atoms with Crippen LogP contribution in [0.1, 0.15) is 5.69 Å². The molecule has 7 heteroatoms. The van der Waals surface area contributed by atoms with Crippen LogP contribution in [0.25, 0.3) is 27.2 Å². The third-order valence-electron chi connectivity index (χ3n) is 3.57. The highest BCUT2D eigenvalue weighted by molar-refractivity contribution is 5.83. The third-order valence-corrected chi connectivity index (χ3v) is 3.57. The summed E-state index contributed by atoms with van der Waals surface area (Å²) in [6.45, 7) is 8.97. The van der Waals surface area contributed by atoms with Crippen molar-refractivity contribution in [1.82, 2.24) is 24.4 Å². The maximum absolute atomic E-state index is 12.6. The largest absolute Gasteiger partial charge is 0.296 e. The predicted molar refractivity (Wildman–Crippen MR) is 81.4 cm³/mol. The summed E-state index contributed by atoms with van der Waals surface area (Å²) in [5.41, 5.74) is 2.32. The molecule has 0 saturated heterocycles. The highest BCUT2D eigenvalue weighted by atomic mass is 16.1. The van der Waals surface area contributed by atoms with Gasteiger partial charge in [-0.1, -0.05) is 18.2 Å². The number of nitrogens with one attached hydrogen (secondary N) is 1. The number of rotatable bonds is 1. The molecule has 0 fully saturated rings. The van der Waals surface area contributed by atoms with E-state index in [1.165, 1.54) is 10.7 Å². The van der Waals surface area contributed by atoms with Crippen LogP contribution in [-0.4, -0.2) is 24.4 Å². The molecule has 7 nitrogen and oxygen atoms in total. The van der Waals surface area contributed by atoms with Gasteiger partial charge in [-0.05, 0) is 19.1 Å². The normalized spacial score (nSPS) is 11.1. The molecule has 0 bridgehead atoms. The van der Waals surface area contributed by atoms with Crippen LogP contribution in [-0.2, 0) is 0 Å². The Morgan fingerprint density at radius 2 is 2.00 bits per heavy atom. The van der Waals surface area contributed by atoms with E-state index in [1.807, 2.05) is 37.3 Å². The molecule has 0 saturated carbocycles. The summed E-state index contributed by atoms with van der Waals surface area (Å²) in [5.74, 6) is 0. The van der Waals surface area contributed by atoms with Gasteiger partial charge in [-0.15, -0.1) is 0 Å². The lowest BCUT2D eigenvalue weighted by atomic mass is 10.3. The summed E-state index contributed by atoms with van der Waals surface area (Å²) >= 11 is 0. The Bertz CT molecular complexity index is 1110.